The maximum Gasteiger partial charge on any atom is 0.233 e. The van der Waals surface area contributed by atoms with E-state index in [-0.39, 0.29) is 17.6 Å². The average molecular weight is 384 g/mol. The van der Waals surface area contributed by atoms with Crippen LogP contribution in [0.5, 0.6) is 0 Å². The normalized spacial score (nSPS) is 20.8. The van der Waals surface area contributed by atoms with Crippen LogP contribution in [-0.4, -0.2) is 10.9 Å². The molecule has 0 saturated heterocycles. The molecule has 3 aromatic rings. The standard InChI is InChI=1S/C25H24N2O2/c1-3-16-9-11-18(12-10-16)23-22-15(2)27-29-25(22)26-20-13-19(14-21(28)24(20)23)17-7-5-4-6-8-17/h4-12,19,23,26H,3,13-14H2,1-2H3/t19-,23-/m0/s1. The van der Waals surface area contributed by atoms with E-state index in [1.807, 2.05) is 25.1 Å². The van der Waals surface area contributed by atoms with Gasteiger partial charge in [0, 0.05) is 23.6 Å². The highest BCUT2D eigenvalue weighted by molar-refractivity contribution is 6.01. The lowest BCUT2D eigenvalue weighted by Crippen LogP contribution is -2.29. The summed E-state index contributed by atoms with van der Waals surface area (Å²) in [6.07, 6.45) is 2.33. The van der Waals surface area contributed by atoms with E-state index >= 15 is 0 Å². The quantitative estimate of drug-likeness (QED) is 0.647. The second-order valence-electron chi connectivity index (χ2n) is 8.00. The molecule has 0 unspecified atom stereocenters. The van der Waals surface area contributed by atoms with Crippen molar-refractivity contribution in [1.29, 1.82) is 0 Å². The summed E-state index contributed by atoms with van der Waals surface area (Å²) in [7, 11) is 0. The Kier molecular flexibility index (Phi) is 4.35. The lowest BCUT2D eigenvalue weighted by molar-refractivity contribution is -0.116. The maximum atomic E-state index is 13.4. The third kappa shape index (κ3) is 3.00. The molecule has 2 heterocycles. The fraction of sp³-hybridized carbons (Fsp3) is 0.280. The first-order chi connectivity index (χ1) is 14.2. The number of allylic oxidation sites excluding steroid dienone is 2. The number of carbonyl (C=O) groups is 1. The topological polar surface area (TPSA) is 55.1 Å². The Hall–Kier alpha value is -3.14. The van der Waals surface area contributed by atoms with Gasteiger partial charge in [-0.1, -0.05) is 66.7 Å². The molecule has 0 spiro atoms. The highest BCUT2D eigenvalue weighted by Gasteiger charge is 2.41. The molecule has 0 fully saturated rings. The minimum atomic E-state index is -0.123. The zero-order valence-corrected chi connectivity index (χ0v) is 16.7. The molecule has 2 aromatic carbocycles. The van der Waals surface area contributed by atoms with Gasteiger partial charge in [-0.15, -0.1) is 0 Å². The lowest BCUT2D eigenvalue weighted by Gasteiger charge is -2.34. The maximum absolute atomic E-state index is 13.4. The Morgan fingerprint density at radius 1 is 1.03 bits per heavy atom. The van der Waals surface area contributed by atoms with Gasteiger partial charge in [0.25, 0.3) is 0 Å². The van der Waals surface area contributed by atoms with Crippen molar-refractivity contribution in [2.24, 2.45) is 0 Å². The monoisotopic (exact) mass is 384 g/mol. The highest BCUT2D eigenvalue weighted by atomic mass is 16.5. The predicted molar refractivity (Wildman–Crippen MR) is 113 cm³/mol. The smallest absolute Gasteiger partial charge is 0.233 e. The molecule has 0 radical (unpaired) electrons. The number of benzene rings is 2. The van der Waals surface area contributed by atoms with Crippen LogP contribution in [0.4, 0.5) is 5.88 Å². The highest BCUT2D eigenvalue weighted by Crippen LogP contribution is 2.48. The number of nitrogens with zero attached hydrogens (tertiary/aromatic N) is 1. The molecule has 0 saturated carbocycles. The summed E-state index contributed by atoms with van der Waals surface area (Å²) in [5.41, 5.74) is 7.29. The van der Waals surface area contributed by atoms with E-state index in [4.69, 9.17) is 4.52 Å². The number of hydrogen-bond acceptors (Lipinski definition) is 4. The fourth-order valence-electron chi connectivity index (χ4n) is 4.71. The van der Waals surface area contributed by atoms with Gasteiger partial charge < -0.3 is 9.84 Å². The molecule has 0 amide bonds. The second kappa shape index (κ2) is 7.03. The van der Waals surface area contributed by atoms with Crippen molar-refractivity contribution in [3.8, 4) is 0 Å². The number of anilines is 1. The van der Waals surface area contributed by atoms with Gasteiger partial charge in [-0.2, -0.15) is 0 Å². The first-order valence-electron chi connectivity index (χ1n) is 10.3. The van der Waals surface area contributed by atoms with Crippen molar-refractivity contribution >= 4 is 11.7 Å². The van der Waals surface area contributed by atoms with Gasteiger partial charge in [0.05, 0.1) is 11.3 Å². The van der Waals surface area contributed by atoms with Crippen molar-refractivity contribution in [1.82, 2.24) is 5.16 Å². The zero-order valence-electron chi connectivity index (χ0n) is 16.7. The summed E-state index contributed by atoms with van der Waals surface area (Å²) in [6.45, 7) is 4.10. The summed E-state index contributed by atoms with van der Waals surface area (Å²) in [5, 5.41) is 7.59. The molecule has 1 N–H and O–H groups in total. The van der Waals surface area contributed by atoms with E-state index in [9.17, 15) is 4.79 Å². The van der Waals surface area contributed by atoms with Crippen LogP contribution in [0.2, 0.25) is 0 Å². The molecule has 1 aliphatic heterocycles. The average Bonchev–Trinajstić information content (AvgIpc) is 3.13. The fourth-order valence-corrected chi connectivity index (χ4v) is 4.71. The third-order valence-electron chi connectivity index (χ3n) is 6.25. The SMILES string of the molecule is CCc1ccc([C@@H]2C3=C(C[C@H](c4ccccc4)CC3=O)Nc3onc(C)c32)cc1. The Morgan fingerprint density at radius 3 is 2.52 bits per heavy atom. The number of Topliss-reactive ketones (excluding diaryl/α,β-unsaturated/α-hetero) is 1. The van der Waals surface area contributed by atoms with Crippen LogP contribution in [0.15, 0.2) is 70.4 Å². The van der Waals surface area contributed by atoms with Crippen molar-refractivity contribution in [3.63, 3.8) is 0 Å². The number of aromatic nitrogens is 1. The van der Waals surface area contributed by atoms with Crippen LogP contribution in [-0.2, 0) is 11.2 Å². The molecule has 29 heavy (non-hydrogen) atoms. The number of carbonyl (C=O) groups excluding carboxylic acids is 1. The minimum Gasteiger partial charge on any atom is -0.338 e. The molecule has 2 aliphatic rings. The molecule has 4 heteroatoms. The summed E-state index contributed by atoms with van der Waals surface area (Å²) >= 11 is 0. The molecule has 5 rings (SSSR count). The van der Waals surface area contributed by atoms with Crippen LogP contribution in [0.1, 0.15) is 59.5 Å². The van der Waals surface area contributed by atoms with Gasteiger partial charge in [0.1, 0.15) is 0 Å². The van der Waals surface area contributed by atoms with E-state index < -0.39 is 0 Å². The Morgan fingerprint density at radius 2 is 1.79 bits per heavy atom. The van der Waals surface area contributed by atoms with E-state index in [0.717, 1.165) is 40.9 Å². The second-order valence-corrected chi connectivity index (χ2v) is 8.00. The van der Waals surface area contributed by atoms with Gasteiger partial charge in [0.15, 0.2) is 5.78 Å². The van der Waals surface area contributed by atoms with Crippen LogP contribution >= 0.6 is 0 Å². The van der Waals surface area contributed by atoms with Crippen molar-refractivity contribution < 1.29 is 9.32 Å². The molecule has 1 aromatic heterocycles. The van der Waals surface area contributed by atoms with Crippen LogP contribution < -0.4 is 5.32 Å². The molecular weight excluding hydrogens is 360 g/mol. The van der Waals surface area contributed by atoms with Crippen LogP contribution in [0.25, 0.3) is 0 Å². The van der Waals surface area contributed by atoms with Crippen molar-refractivity contribution in [2.45, 2.75) is 44.9 Å². The molecule has 2 atom stereocenters. The predicted octanol–water partition coefficient (Wildman–Crippen LogP) is 5.50. The van der Waals surface area contributed by atoms with Gasteiger partial charge in [-0.3, -0.25) is 4.79 Å². The van der Waals surface area contributed by atoms with Crippen molar-refractivity contribution in [3.05, 3.63) is 93.8 Å². The number of fused-ring (bicyclic) bond motifs is 1. The van der Waals surface area contributed by atoms with Crippen LogP contribution in [0.3, 0.4) is 0 Å². The number of aryl methyl sites for hydroxylation is 2. The lowest BCUT2D eigenvalue weighted by atomic mass is 9.72. The van der Waals surface area contributed by atoms with Gasteiger partial charge in [-0.05, 0) is 42.4 Å². The Balaban J connectivity index is 1.61. The number of nitrogens with one attached hydrogen (secondary N) is 1. The van der Waals surface area contributed by atoms with E-state index in [2.05, 4.69) is 53.8 Å². The minimum absolute atomic E-state index is 0.123. The number of hydrogen-bond donors (Lipinski definition) is 1. The first kappa shape index (κ1) is 17.9. The van der Waals surface area contributed by atoms with Crippen molar-refractivity contribution in [2.75, 3.05) is 5.32 Å². The first-order valence-corrected chi connectivity index (χ1v) is 10.3. The third-order valence-corrected chi connectivity index (χ3v) is 6.25. The summed E-state index contributed by atoms with van der Waals surface area (Å²) in [5.74, 6) is 0.946. The van der Waals surface area contributed by atoms with E-state index in [1.165, 1.54) is 11.1 Å². The summed E-state index contributed by atoms with van der Waals surface area (Å²) in [6, 6.07) is 18.9. The van der Waals surface area contributed by atoms with Gasteiger partial charge >= 0.3 is 0 Å². The Labute approximate surface area is 170 Å². The molecule has 4 nitrogen and oxygen atoms in total. The Bertz CT molecular complexity index is 1090. The molecular formula is C25H24N2O2. The number of rotatable bonds is 3. The number of ketones is 1. The van der Waals surface area contributed by atoms with Gasteiger partial charge in [-0.25, -0.2) is 0 Å². The van der Waals surface area contributed by atoms with E-state index in [1.54, 1.807) is 0 Å². The summed E-state index contributed by atoms with van der Waals surface area (Å²) < 4.78 is 5.60. The van der Waals surface area contributed by atoms with E-state index in [0.29, 0.717) is 12.3 Å². The van der Waals surface area contributed by atoms with Crippen LogP contribution in [0, 0.1) is 6.92 Å². The summed E-state index contributed by atoms with van der Waals surface area (Å²) in [4.78, 5) is 13.4. The molecule has 0 bridgehead atoms. The molecule has 1 aliphatic carbocycles. The van der Waals surface area contributed by atoms with Gasteiger partial charge in [0.2, 0.25) is 5.88 Å². The largest absolute Gasteiger partial charge is 0.338 e. The zero-order chi connectivity index (χ0) is 20.0. The molecule has 146 valence electrons.